The maximum absolute atomic E-state index is 12.5. The SMILES string of the molecule is CC(C)c1c(Cl)ncnc1-c1ccc(C(F)(F)F)cc1. The van der Waals surface area contributed by atoms with E-state index in [1.54, 1.807) is 0 Å². The van der Waals surface area contributed by atoms with E-state index in [-0.39, 0.29) is 5.92 Å². The third-order valence-electron chi connectivity index (χ3n) is 2.90. The molecule has 0 amide bonds. The van der Waals surface area contributed by atoms with Crippen molar-refractivity contribution in [3.05, 3.63) is 46.9 Å². The van der Waals surface area contributed by atoms with Gasteiger partial charge in [-0.3, -0.25) is 0 Å². The van der Waals surface area contributed by atoms with Gasteiger partial charge < -0.3 is 0 Å². The Balaban J connectivity index is 2.50. The summed E-state index contributed by atoms with van der Waals surface area (Å²) in [6.45, 7) is 3.86. The summed E-state index contributed by atoms with van der Waals surface area (Å²) in [6, 6.07) is 4.87. The molecule has 0 fully saturated rings. The zero-order valence-corrected chi connectivity index (χ0v) is 11.6. The summed E-state index contributed by atoms with van der Waals surface area (Å²) in [5.74, 6) is 0.0704. The second-order valence-corrected chi connectivity index (χ2v) is 5.01. The summed E-state index contributed by atoms with van der Waals surface area (Å²) in [4.78, 5) is 8.06. The van der Waals surface area contributed by atoms with Gasteiger partial charge in [0.2, 0.25) is 0 Å². The van der Waals surface area contributed by atoms with E-state index in [9.17, 15) is 13.2 Å². The van der Waals surface area contributed by atoms with Crippen LogP contribution in [-0.2, 0) is 6.18 Å². The molecule has 0 radical (unpaired) electrons. The van der Waals surface area contributed by atoms with Gasteiger partial charge in [0.1, 0.15) is 11.5 Å². The van der Waals surface area contributed by atoms with Crippen LogP contribution in [0.4, 0.5) is 13.2 Å². The number of rotatable bonds is 2. The normalized spacial score (nSPS) is 11.9. The summed E-state index contributed by atoms with van der Waals surface area (Å²) in [5.41, 5.74) is 1.20. The van der Waals surface area contributed by atoms with Crippen molar-refractivity contribution in [1.82, 2.24) is 9.97 Å². The number of alkyl halides is 3. The van der Waals surface area contributed by atoms with Crippen LogP contribution < -0.4 is 0 Å². The first-order valence-corrected chi connectivity index (χ1v) is 6.36. The minimum atomic E-state index is -4.34. The second kappa shape index (κ2) is 5.40. The third kappa shape index (κ3) is 2.93. The van der Waals surface area contributed by atoms with Gasteiger partial charge in [0.25, 0.3) is 0 Å². The van der Waals surface area contributed by atoms with Gasteiger partial charge in [0.05, 0.1) is 11.3 Å². The molecular formula is C14H12ClF3N2. The second-order valence-electron chi connectivity index (χ2n) is 4.66. The van der Waals surface area contributed by atoms with Crippen molar-refractivity contribution >= 4 is 11.6 Å². The molecule has 0 aliphatic rings. The molecule has 1 aromatic heterocycles. The Hall–Kier alpha value is -1.62. The smallest absolute Gasteiger partial charge is 0.236 e. The van der Waals surface area contributed by atoms with Crippen molar-refractivity contribution in [3.8, 4) is 11.3 Å². The molecule has 0 saturated heterocycles. The number of benzene rings is 1. The molecule has 2 rings (SSSR count). The Morgan fingerprint density at radius 1 is 1.05 bits per heavy atom. The zero-order valence-electron chi connectivity index (χ0n) is 10.9. The van der Waals surface area contributed by atoms with Gasteiger partial charge in [0, 0.05) is 11.1 Å². The lowest BCUT2D eigenvalue weighted by molar-refractivity contribution is -0.137. The highest BCUT2D eigenvalue weighted by Gasteiger charge is 2.30. The molecule has 106 valence electrons. The molecule has 0 atom stereocenters. The lowest BCUT2D eigenvalue weighted by Gasteiger charge is -2.13. The van der Waals surface area contributed by atoms with Gasteiger partial charge in [-0.05, 0) is 18.1 Å². The number of nitrogens with zero attached hydrogens (tertiary/aromatic N) is 2. The fraction of sp³-hybridized carbons (Fsp3) is 0.286. The van der Waals surface area contributed by atoms with Gasteiger partial charge in [0.15, 0.2) is 0 Å². The molecule has 0 saturated carbocycles. The topological polar surface area (TPSA) is 25.8 Å². The van der Waals surface area contributed by atoms with Gasteiger partial charge in [-0.15, -0.1) is 0 Å². The van der Waals surface area contributed by atoms with Crippen molar-refractivity contribution in [2.45, 2.75) is 25.9 Å². The summed E-state index contributed by atoms with van der Waals surface area (Å²) < 4.78 is 37.6. The molecular weight excluding hydrogens is 289 g/mol. The first-order chi connectivity index (χ1) is 9.30. The Kier molecular flexibility index (Phi) is 3.99. The lowest BCUT2D eigenvalue weighted by Crippen LogP contribution is -2.04. The zero-order chi connectivity index (χ0) is 14.9. The fourth-order valence-corrected chi connectivity index (χ4v) is 2.28. The standard InChI is InChI=1S/C14H12ClF3N2/c1-8(2)11-12(19-7-20-13(11)15)9-3-5-10(6-4-9)14(16,17)18/h3-8H,1-2H3. The van der Waals surface area contributed by atoms with E-state index in [4.69, 9.17) is 11.6 Å². The first kappa shape index (κ1) is 14.8. The van der Waals surface area contributed by atoms with Crippen LogP contribution in [0.2, 0.25) is 5.15 Å². The van der Waals surface area contributed by atoms with Crippen LogP contribution in [0.1, 0.15) is 30.9 Å². The number of hydrogen-bond donors (Lipinski definition) is 0. The molecule has 2 nitrogen and oxygen atoms in total. The maximum atomic E-state index is 12.5. The quantitative estimate of drug-likeness (QED) is 0.734. The molecule has 0 spiro atoms. The Morgan fingerprint density at radius 2 is 1.65 bits per heavy atom. The van der Waals surface area contributed by atoms with E-state index in [0.717, 1.165) is 17.7 Å². The molecule has 0 N–H and O–H groups in total. The Morgan fingerprint density at radius 3 is 2.15 bits per heavy atom. The van der Waals surface area contributed by atoms with Gasteiger partial charge in [-0.2, -0.15) is 13.2 Å². The molecule has 0 bridgehead atoms. The number of hydrogen-bond acceptors (Lipinski definition) is 2. The monoisotopic (exact) mass is 300 g/mol. The fourth-order valence-electron chi connectivity index (χ4n) is 1.93. The van der Waals surface area contributed by atoms with Gasteiger partial charge in [-0.1, -0.05) is 37.6 Å². The average Bonchev–Trinajstić information content (AvgIpc) is 2.37. The molecule has 6 heteroatoms. The predicted molar refractivity (Wildman–Crippen MR) is 71.6 cm³/mol. The molecule has 1 heterocycles. The largest absolute Gasteiger partial charge is 0.416 e. The van der Waals surface area contributed by atoms with Crippen LogP contribution in [0.25, 0.3) is 11.3 Å². The van der Waals surface area contributed by atoms with Crippen molar-refractivity contribution in [1.29, 1.82) is 0 Å². The number of halogens is 4. The van der Waals surface area contributed by atoms with E-state index in [1.165, 1.54) is 18.5 Å². The van der Waals surface area contributed by atoms with Crippen molar-refractivity contribution in [2.75, 3.05) is 0 Å². The Bertz CT molecular complexity index is 607. The predicted octanol–water partition coefficient (Wildman–Crippen LogP) is 4.94. The Labute approximate surface area is 119 Å². The van der Waals surface area contributed by atoms with Crippen LogP contribution in [0.15, 0.2) is 30.6 Å². The third-order valence-corrected chi connectivity index (χ3v) is 3.20. The van der Waals surface area contributed by atoms with E-state index in [1.807, 2.05) is 13.8 Å². The summed E-state index contributed by atoms with van der Waals surface area (Å²) >= 11 is 6.05. The molecule has 2 aromatic rings. The summed E-state index contributed by atoms with van der Waals surface area (Å²) in [7, 11) is 0. The lowest BCUT2D eigenvalue weighted by atomic mass is 9.98. The van der Waals surface area contributed by atoms with Crippen LogP contribution >= 0.6 is 11.6 Å². The molecule has 1 aromatic carbocycles. The van der Waals surface area contributed by atoms with Crippen LogP contribution in [0, 0.1) is 0 Å². The average molecular weight is 301 g/mol. The van der Waals surface area contributed by atoms with E-state index >= 15 is 0 Å². The summed E-state index contributed by atoms with van der Waals surface area (Å²) in [6.07, 6.45) is -3.04. The van der Waals surface area contributed by atoms with E-state index in [2.05, 4.69) is 9.97 Å². The number of aromatic nitrogens is 2. The molecule has 20 heavy (non-hydrogen) atoms. The van der Waals surface area contributed by atoms with Crippen LogP contribution in [-0.4, -0.2) is 9.97 Å². The molecule has 0 aliphatic heterocycles. The van der Waals surface area contributed by atoms with Crippen molar-refractivity contribution < 1.29 is 13.2 Å². The van der Waals surface area contributed by atoms with Crippen LogP contribution in [0.5, 0.6) is 0 Å². The van der Waals surface area contributed by atoms with Crippen molar-refractivity contribution in [3.63, 3.8) is 0 Å². The van der Waals surface area contributed by atoms with E-state index < -0.39 is 11.7 Å². The first-order valence-electron chi connectivity index (χ1n) is 5.98. The highest BCUT2D eigenvalue weighted by molar-refractivity contribution is 6.30. The molecule has 0 unspecified atom stereocenters. The minimum absolute atomic E-state index is 0.0704. The highest BCUT2D eigenvalue weighted by Crippen LogP contribution is 2.34. The summed E-state index contributed by atoms with van der Waals surface area (Å²) in [5, 5.41) is 0.324. The highest BCUT2D eigenvalue weighted by atomic mass is 35.5. The van der Waals surface area contributed by atoms with Gasteiger partial charge >= 0.3 is 6.18 Å². The van der Waals surface area contributed by atoms with Crippen LogP contribution in [0.3, 0.4) is 0 Å². The van der Waals surface area contributed by atoms with Crippen molar-refractivity contribution in [2.24, 2.45) is 0 Å². The maximum Gasteiger partial charge on any atom is 0.416 e. The van der Waals surface area contributed by atoms with Gasteiger partial charge in [-0.25, -0.2) is 9.97 Å². The molecule has 0 aliphatic carbocycles. The van der Waals surface area contributed by atoms with E-state index in [0.29, 0.717) is 16.4 Å². The minimum Gasteiger partial charge on any atom is -0.236 e.